The van der Waals surface area contributed by atoms with Gasteiger partial charge in [-0.25, -0.2) is 4.79 Å². The first-order valence-electron chi connectivity index (χ1n) is 7.49. The summed E-state index contributed by atoms with van der Waals surface area (Å²) < 4.78 is 5.43. The molecule has 1 N–H and O–H groups in total. The highest BCUT2D eigenvalue weighted by molar-refractivity contribution is 5.70. The number of ether oxygens (including phenoxy) is 1. The van der Waals surface area contributed by atoms with Crippen molar-refractivity contribution < 1.29 is 9.53 Å². The van der Waals surface area contributed by atoms with E-state index in [1.165, 1.54) is 32.1 Å². The molecule has 0 aromatic rings. The standard InChI is InChI=1S/C14H26N2O2/c1-2-15-10-13-11-16(14(17)18-13)12-8-6-4-3-5-7-9-12/h12-13,15H,2-11H2,1H3/t13-/m0/s1. The second-order valence-corrected chi connectivity index (χ2v) is 5.46. The van der Waals surface area contributed by atoms with Crippen LogP contribution in [0, 0.1) is 0 Å². The van der Waals surface area contributed by atoms with Gasteiger partial charge in [-0.2, -0.15) is 0 Å². The molecular formula is C14H26N2O2. The van der Waals surface area contributed by atoms with E-state index in [9.17, 15) is 4.79 Å². The van der Waals surface area contributed by atoms with Crippen molar-refractivity contribution in [2.75, 3.05) is 19.6 Å². The van der Waals surface area contributed by atoms with E-state index in [0.29, 0.717) is 6.04 Å². The summed E-state index contributed by atoms with van der Waals surface area (Å²) >= 11 is 0. The van der Waals surface area contributed by atoms with Crippen LogP contribution in [-0.4, -0.2) is 42.8 Å². The fraction of sp³-hybridized carbons (Fsp3) is 0.929. The van der Waals surface area contributed by atoms with Crippen LogP contribution in [0.25, 0.3) is 0 Å². The van der Waals surface area contributed by atoms with Gasteiger partial charge in [0.1, 0.15) is 6.10 Å². The van der Waals surface area contributed by atoms with Gasteiger partial charge in [0.25, 0.3) is 0 Å². The molecule has 0 radical (unpaired) electrons. The van der Waals surface area contributed by atoms with Crippen molar-refractivity contribution in [3.8, 4) is 0 Å². The number of hydrogen-bond donors (Lipinski definition) is 1. The van der Waals surface area contributed by atoms with Crippen LogP contribution >= 0.6 is 0 Å². The molecule has 0 spiro atoms. The zero-order valence-electron chi connectivity index (χ0n) is 11.5. The molecule has 2 fully saturated rings. The summed E-state index contributed by atoms with van der Waals surface area (Å²) in [4.78, 5) is 13.9. The first-order valence-corrected chi connectivity index (χ1v) is 7.49. The maximum absolute atomic E-state index is 11.9. The number of nitrogens with zero attached hydrogens (tertiary/aromatic N) is 1. The SMILES string of the molecule is CCNC[C@H]1CN(C2CCCCCCC2)C(=O)O1. The number of rotatable bonds is 4. The molecule has 104 valence electrons. The summed E-state index contributed by atoms with van der Waals surface area (Å²) in [6.45, 7) is 4.56. The van der Waals surface area contributed by atoms with Crippen molar-refractivity contribution >= 4 is 6.09 Å². The Morgan fingerprint density at radius 3 is 2.56 bits per heavy atom. The Labute approximate surface area is 110 Å². The summed E-state index contributed by atoms with van der Waals surface area (Å²) in [5.74, 6) is 0. The zero-order chi connectivity index (χ0) is 12.8. The lowest BCUT2D eigenvalue weighted by Gasteiger charge is -2.27. The van der Waals surface area contributed by atoms with E-state index in [-0.39, 0.29) is 12.2 Å². The molecule has 0 aromatic heterocycles. The average molecular weight is 254 g/mol. The molecule has 0 aromatic carbocycles. The Hall–Kier alpha value is -0.770. The quantitative estimate of drug-likeness (QED) is 0.838. The Morgan fingerprint density at radius 1 is 1.22 bits per heavy atom. The largest absolute Gasteiger partial charge is 0.443 e. The van der Waals surface area contributed by atoms with Crippen molar-refractivity contribution in [3.63, 3.8) is 0 Å². The summed E-state index contributed by atoms with van der Waals surface area (Å²) in [6, 6.07) is 0.421. The van der Waals surface area contributed by atoms with Crippen molar-refractivity contribution in [3.05, 3.63) is 0 Å². The lowest BCUT2D eigenvalue weighted by Crippen LogP contribution is -2.38. The topological polar surface area (TPSA) is 41.6 Å². The van der Waals surface area contributed by atoms with Gasteiger partial charge in [-0.3, -0.25) is 0 Å². The second-order valence-electron chi connectivity index (χ2n) is 5.46. The highest BCUT2D eigenvalue weighted by Gasteiger charge is 2.35. The molecule has 1 amide bonds. The lowest BCUT2D eigenvalue weighted by molar-refractivity contribution is 0.124. The number of nitrogens with one attached hydrogen (secondary N) is 1. The van der Waals surface area contributed by atoms with Crippen molar-refractivity contribution in [2.45, 2.75) is 64.0 Å². The monoisotopic (exact) mass is 254 g/mol. The fourth-order valence-electron chi connectivity index (χ4n) is 3.00. The van der Waals surface area contributed by atoms with E-state index in [4.69, 9.17) is 4.74 Å². The number of carbonyl (C=O) groups is 1. The van der Waals surface area contributed by atoms with Gasteiger partial charge in [0, 0.05) is 12.6 Å². The fourth-order valence-corrected chi connectivity index (χ4v) is 3.00. The molecule has 2 rings (SSSR count). The smallest absolute Gasteiger partial charge is 0.410 e. The molecule has 1 atom stereocenters. The minimum atomic E-state index is -0.0940. The summed E-state index contributed by atoms with van der Waals surface area (Å²) in [5, 5.41) is 3.25. The number of likely N-dealkylation sites (N-methyl/N-ethyl adjacent to an activating group) is 1. The maximum Gasteiger partial charge on any atom is 0.410 e. The van der Waals surface area contributed by atoms with Crippen LogP contribution in [0.15, 0.2) is 0 Å². The van der Waals surface area contributed by atoms with Gasteiger partial charge in [-0.1, -0.05) is 39.0 Å². The van der Waals surface area contributed by atoms with Crippen LogP contribution in [0.2, 0.25) is 0 Å². The van der Waals surface area contributed by atoms with Gasteiger partial charge in [0.15, 0.2) is 0 Å². The van der Waals surface area contributed by atoms with Gasteiger partial charge < -0.3 is 15.0 Å². The minimum Gasteiger partial charge on any atom is -0.443 e. The highest BCUT2D eigenvalue weighted by atomic mass is 16.6. The van der Waals surface area contributed by atoms with E-state index in [1.807, 2.05) is 4.90 Å². The third-order valence-corrected chi connectivity index (χ3v) is 4.04. The molecule has 4 heteroatoms. The number of amides is 1. The van der Waals surface area contributed by atoms with Crippen molar-refractivity contribution in [2.24, 2.45) is 0 Å². The number of cyclic esters (lactones) is 1. The third kappa shape index (κ3) is 3.61. The molecule has 4 nitrogen and oxygen atoms in total. The maximum atomic E-state index is 11.9. The van der Waals surface area contributed by atoms with Crippen LogP contribution in [0.4, 0.5) is 4.79 Å². The molecule has 0 unspecified atom stereocenters. The second kappa shape index (κ2) is 6.98. The molecule has 18 heavy (non-hydrogen) atoms. The predicted octanol–water partition coefficient (Wildman–Crippen LogP) is 2.53. The Morgan fingerprint density at radius 2 is 1.89 bits per heavy atom. The van der Waals surface area contributed by atoms with Crippen LogP contribution in [-0.2, 0) is 4.74 Å². The van der Waals surface area contributed by atoms with E-state index >= 15 is 0 Å². The van der Waals surface area contributed by atoms with Crippen LogP contribution in [0.1, 0.15) is 51.9 Å². The molecule has 1 saturated carbocycles. The van der Waals surface area contributed by atoms with Gasteiger partial charge in [0.05, 0.1) is 6.54 Å². The van der Waals surface area contributed by atoms with E-state index in [0.717, 1.165) is 32.5 Å². The molecule has 1 aliphatic heterocycles. The summed E-state index contributed by atoms with van der Waals surface area (Å²) in [5.41, 5.74) is 0. The molecule has 0 bridgehead atoms. The minimum absolute atomic E-state index is 0.0443. The van der Waals surface area contributed by atoms with Crippen LogP contribution in [0.3, 0.4) is 0 Å². The van der Waals surface area contributed by atoms with Crippen LogP contribution in [0.5, 0.6) is 0 Å². The zero-order valence-corrected chi connectivity index (χ0v) is 11.5. The molecular weight excluding hydrogens is 228 g/mol. The van der Waals surface area contributed by atoms with Crippen LogP contribution < -0.4 is 5.32 Å². The van der Waals surface area contributed by atoms with Gasteiger partial charge in [-0.15, -0.1) is 0 Å². The Balaban J connectivity index is 1.85. The average Bonchev–Trinajstić information content (AvgIpc) is 2.68. The predicted molar refractivity (Wildman–Crippen MR) is 71.6 cm³/mol. The van der Waals surface area contributed by atoms with E-state index in [1.54, 1.807) is 0 Å². The summed E-state index contributed by atoms with van der Waals surface area (Å²) in [7, 11) is 0. The van der Waals surface area contributed by atoms with Gasteiger partial charge >= 0.3 is 6.09 Å². The number of hydrogen-bond acceptors (Lipinski definition) is 3. The molecule has 1 heterocycles. The van der Waals surface area contributed by atoms with Crippen molar-refractivity contribution in [1.82, 2.24) is 10.2 Å². The number of carbonyl (C=O) groups excluding carboxylic acids is 1. The van der Waals surface area contributed by atoms with E-state index < -0.39 is 0 Å². The van der Waals surface area contributed by atoms with Gasteiger partial charge in [0.2, 0.25) is 0 Å². The molecule has 1 saturated heterocycles. The van der Waals surface area contributed by atoms with Gasteiger partial charge in [-0.05, 0) is 19.4 Å². The Bertz CT molecular complexity index is 263. The molecule has 1 aliphatic carbocycles. The van der Waals surface area contributed by atoms with Crippen molar-refractivity contribution in [1.29, 1.82) is 0 Å². The Kier molecular flexibility index (Phi) is 5.29. The highest BCUT2D eigenvalue weighted by Crippen LogP contribution is 2.25. The lowest BCUT2D eigenvalue weighted by atomic mass is 9.96. The first kappa shape index (κ1) is 13.7. The third-order valence-electron chi connectivity index (χ3n) is 4.04. The molecule has 2 aliphatic rings. The normalized spacial score (nSPS) is 26.8. The van der Waals surface area contributed by atoms with E-state index in [2.05, 4.69) is 12.2 Å². The first-order chi connectivity index (χ1) is 8.81. The summed E-state index contributed by atoms with van der Waals surface area (Å²) in [6.07, 6.45) is 8.78.